The highest BCUT2D eigenvalue weighted by atomic mass is 32.1. The molecule has 0 unspecified atom stereocenters. The third-order valence-electron chi connectivity index (χ3n) is 5.45. The van der Waals surface area contributed by atoms with Gasteiger partial charge >= 0.3 is 0 Å². The number of rotatable bonds is 4. The largest absolute Gasteiger partial charge is 0.372 e. The lowest BCUT2D eigenvalue weighted by Crippen LogP contribution is -2.45. The van der Waals surface area contributed by atoms with Gasteiger partial charge in [-0.25, -0.2) is 9.50 Å². The number of hydrogen-bond donors (Lipinski definition) is 2. The molecular weight excluding hydrogens is 412 g/mol. The molecule has 0 amide bonds. The third-order valence-corrected chi connectivity index (χ3v) is 6.42. The maximum atomic E-state index is 9.24. The van der Waals surface area contributed by atoms with E-state index in [2.05, 4.69) is 48.0 Å². The van der Waals surface area contributed by atoms with Crippen molar-refractivity contribution in [1.29, 1.82) is 0 Å². The molecule has 31 heavy (non-hydrogen) atoms. The number of morpholine rings is 1. The molecule has 0 bridgehead atoms. The van der Waals surface area contributed by atoms with E-state index in [-0.39, 0.29) is 12.2 Å². The summed E-state index contributed by atoms with van der Waals surface area (Å²) in [5, 5.41) is 24.1. The Labute approximate surface area is 184 Å². The second-order valence-corrected chi connectivity index (χ2v) is 8.92. The molecule has 4 aromatic rings. The van der Waals surface area contributed by atoms with Crippen LogP contribution in [-0.2, 0) is 4.74 Å². The fourth-order valence-corrected chi connectivity index (χ4v) is 4.87. The van der Waals surface area contributed by atoms with Gasteiger partial charge in [0.15, 0.2) is 6.29 Å². The number of benzene rings is 2. The van der Waals surface area contributed by atoms with Crippen molar-refractivity contribution >= 4 is 22.0 Å². The summed E-state index contributed by atoms with van der Waals surface area (Å²) < 4.78 is 7.63. The van der Waals surface area contributed by atoms with Gasteiger partial charge in [-0.15, -0.1) is 0 Å². The minimum atomic E-state index is -1.47. The predicted molar refractivity (Wildman–Crippen MR) is 121 cm³/mol. The number of imidazole rings is 1. The molecule has 2 N–H and O–H groups in total. The van der Waals surface area contributed by atoms with Crippen molar-refractivity contribution < 1.29 is 14.9 Å². The number of aliphatic hydroxyl groups is 2. The molecule has 3 heterocycles. The molecule has 1 fully saturated rings. The smallest absolute Gasteiger partial charge is 0.213 e. The Hall–Kier alpha value is -2.78. The predicted octanol–water partition coefficient (Wildman–Crippen LogP) is 3.72. The zero-order chi connectivity index (χ0) is 21.5. The Balaban J connectivity index is 1.35. The zero-order valence-corrected chi connectivity index (χ0v) is 18.2. The summed E-state index contributed by atoms with van der Waals surface area (Å²) in [6, 6.07) is 15.5. The SMILES string of the molecule is C[C@@H]1CN(c2ccc(-c3nn4cc(-c5ccc(C(O)O)cc5)nc4s3)cc2)C[C@H](C)O1. The van der Waals surface area contributed by atoms with Gasteiger partial charge in [-0.05, 0) is 38.1 Å². The maximum absolute atomic E-state index is 9.24. The summed E-state index contributed by atoms with van der Waals surface area (Å²) in [6.45, 7) is 6.02. The Morgan fingerprint density at radius 1 is 0.968 bits per heavy atom. The van der Waals surface area contributed by atoms with Crippen LogP contribution in [0.3, 0.4) is 0 Å². The summed E-state index contributed by atoms with van der Waals surface area (Å²) in [6.07, 6.45) is 0.888. The first kappa shape index (κ1) is 20.1. The highest BCUT2D eigenvalue weighted by molar-refractivity contribution is 7.19. The quantitative estimate of drug-likeness (QED) is 0.475. The van der Waals surface area contributed by atoms with Crippen molar-refractivity contribution in [2.75, 3.05) is 18.0 Å². The number of hydrogen-bond acceptors (Lipinski definition) is 7. The van der Waals surface area contributed by atoms with Gasteiger partial charge in [0.2, 0.25) is 4.96 Å². The second kappa shape index (κ2) is 8.05. The van der Waals surface area contributed by atoms with Crippen LogP contribution in [0.1, 0.15) is 25.7 Å². The third kappa shape index (κ3) is 4.07. The highest BCUT2D eigenvalue weighted by Gasteiger charge is 2.22. The minimum absolute atomic E-state index is 0.231. The van der Waals surface area contributed by atoms with E-state index in [0.29, 0.717) is 5.56 Å². The molecule has 0 spiro atoms. The van der Waals surface area contributed by atoms with Gasteiger partial charge < -0.3 is 19.8 Å². The summed E-state index contributed by atoms with van der Waals surface area (Å²) >= 11 is 1.54. The summed E-state index contributed by atoms with van der Waals surface area (Å²) in [7, 11) is 0. The van der Waals surface area contributed by atoms with E-state index in [1.54, 1.807) is 28.0 Å². The number of ether oxygens (including phenoxy) is 1. The van der Waals surface area contributed by atoms with Gasteiger partial charge in [0.1, 0.15) is 5.01 Å². The maximum Gasteiger partial charge on any atom is 0.213 e. The lowest BCUT2D eigenvalue weighted by atomic mass is 10.1. The van der Waals surface area contributed by atoms with Crippen molar-refractivity contribution in [2.45, 2.75) is 32.3 Å². The van der Waals surface area contributed by atoms with Crippen LogP contribution in [0, 0.1) is 0 Å². The van der Waals surface area contributed by atoms with E-state index in [9.17, 15) is 10.2 Å². The Morgan fingerprint density at radius 2 is 1.61 bits per heavy atom. The molecule has 2 atom stereocenters. The molecule has 2 aromatic heterocycles. The first-order valence-electron chi connectivity index (χ1n) is 10.3. The number of nitrogens with zero attached hydrogens (tertiary/aromatic N) is 4. The van der Waals surface area contributed by atoms with Gasteiger partial charge in [0.05, 0.1) is 24.1 Å². The fraction of sp³-hybridized carbons (Fsp3) is 0.304. The molecule has 0 saturated carbocycles. The van der Waals surface area contributed by atoms with E-state index in [0.717, 1.165) is 39.9 Å². The number of aliphatic hydroxyl groups excluding tert-OH is 1. The van der Waals surface area contributed by atoms with Gasteiger partial charge in [-0.3, -0.25) is 0 Å². The summed E-state index contributed by atoms with van der Waals surface area (Å²) in [4.78, 5) is 7.86. The molecule has 1 aliphatic rings. The zero-order valence-electron chi connectivity index (χ0n) is 17.3. The van der Waals surface area contributed by atoms with Gasteiger partial charge in [-0.1, -0.05) is 35.6 Å². The van der Waals surface area contributed by atoms with Gasteiger partial charge in [0.25, 0.3) is 0 Å². The van der Waals surface area contributed by atoms with Crippen molar-refractivity contribution in [1.82, 2.24) is 14.6 Å². The van der Waals surface area contributed by atoms with Crippen LogP contribution in [0.5, 0.6) is 0 Å². The molecule has 0 radical (unpaired) electrons. The van der Waals surface area contributed by atoms with Crippen LogP contribution in [0.4, 0.5) is 5.69 Å². The van der Waals surface area contributed by atoms with Crippen LogP contribution < -0.4 is 4.90 Å². The molecule has 160 valence electrons. The van der Waals surface area contributed by atoms with E-state index < -0.39 is 6.29 Å². The average Bonchev–Trinajstić information content (AvgIpc) is 3.33. The molecule has 1 aliphatic heterocycles. The van der Waals surface area contributed by atoms with E-state index in [1.165, 1.54) is 5.69 Å². The standard InChI is InChI=1S/C23H24N4O3S/c1-14-11-26(12-15(2)30-14)19-9-7-17(8-10-19)21-25-27-13-20(24-23(27)31-21)16-3-5-18(6-4-16)22(28)29/h3-10,13-15,22,28-29H,11-12H2,1-2H3/t14-,15+. The molecule has 7 nitrogen and oxygen atoms in total. The van der Waals surface area contributed by atoms with Crippen molar-refractivity contribution in [3.05, 3.63) is 60.3 Å². The van der Waals surface area contributed by atoms with Crippen LogP contribution >= 0.6 is 11.3 Å². The Morgan fingerprint density at radius 3 is 2.23 bits per heavy atom. The van der Waals surface area contributed by atoms with Gasteiger partial charge in [-0.2, -0.15) is 5.10 Å². The van der Waals surface area contributed by atoms with E-state index >= 15 is 0 Å². The lowest BCUT2D eigenvalue weighted by molar-refractivity contribution is -0.0424. The van der Waals surface area contributed by atoms with Crippen LogP contribution in [0.2, 0.25) is 0 Å². The van der Waals surface area contributed by atoms with Gasteiger partial charge in [0, 0.05) is 35.5 Å². The average molecular weight is 437 g/mol. The molecule has 1 saturated heterocycles. The highest BCUT2D eigenvalue weighted by Crippen LogP contribution is 2.30. The topological polar surface area (TPSA) is 83.1 Å². The van der Waals surface area contributed by atoms with Crippen LogP contribution in [0.15, 0.2) is 54.7 Å². The minimum Gasteiger partial charge on any atom is -0.372 e. The molecular formula is C23H24N4O3S. The number of fused-ring (bicyclic) bond motifs is 1. The molecule has 2 aromatic carbocycles. The van der Waals surface area contributed by atoms with Crippen LogP contribution in [0.25, 0.3) is 26.8 Å². The van der Waals surface area contributed by atoms with Crippen molar-refractivity contribution in [3.63, 3.8) is 0 Å². The van der Waals surface area contributed by atoms with E-state index in [4.69, 9.17) is 9.84 Å². The summed E-state index contributed by atoms with van der Waals surface area (Å²) in [5.74, 6) is 0. The first-order chi connectivity index (χ1) is 15.0. The number of aromatic nitrogens is 3. The monoisotopic (exact) mass is 436 g/mol. The van der Waals surface area contributed by atoms with Crippen molar-refractivity contribution in [3.8, 4) is 21.8 Å². The first-order valence-corrected chi connectivity index (χ1v) is 11.1. The normalized spacial score (nSPS) is 19.5. The molecule has 0 aliphatic carbocycles. The molecule has 5 rings (SSSR count). The lowest BCUT2D eigenvalue weighted by Gasteiger charge is -2.36. The fourth-order valence-electron chi connectivity index (χ4n) is 3.99. The summed E-state index contributed by atoms with van der Waals surface area (Å²) in [5.41, 5.74) is 4.43. The second-order valence-electron chi connectivity index (χ2n) is 7.97. The number of anilines is 1. The van der Waals surface area contributed by atoms with E-state index in [1.807, 2.05) is 18.3 Å². The molecule has 8 heteroatoms. The Bertz CT molecular complexity index is 1140. The van der Waals surface area contributed by atoms with Crippen molar-refractivity contribution in [2.24, 2.45) is 0 Å². The van der Waals surface area contributed by atoms with Crippen LogP contribution in [-0.4, -0.2) is 50.1 Å². The Kier molecular flexibility index (Phi) is 5.23.